The second-order valence-corrected chi connectivity index (χ2v) is 3.89. The molecule has 14 heavy (non-hydrogen) atoms. The number of nitrogens with zero attached hydrogens (tertiary/aromatic N) is 2. The van der Waals surface area contributed by atoms with Crippen LogP contribution in [0.4, 0.5) is 6.01 Å². The fraction of sp³-hybridized carbons (Fsp3) is 0.800. The van der Waals surface area contributed by atoms with Crippen molar-refractivity contribution in [2.45, 2.75) is 40.0 Å². The highest BCUT2D eigenvalue weighted by Crippen LogP contribution is 2.06. The van der Waals surface area contributed by atoms with Gasteiger partial charge in [-0.3, -0.25) is 0 Å². The van der Waals surface area contributed by atoms with E-state index in [1.165, 1.54) is 0 Å². The minimum absolute atomic E-state index is 0.546. The average molecular weight is 197 g/mol. The summed E-state index contributed by atoms with van der Waals surface area (Å²) < 4.78 is 5.04. The Kier molecular flexibility index (Phi) is 4.43. The van der Waals surface area contributed by atoms with Crippen LogP contribution in [0.1, 0.15) is 39.4 Å². The van der Waals surface area contributed by atoms with Gasteiger partial charge in [-0.1, -0.05) is 32.3 Å². The van der Waals surface area contributed by atoms with Gasteiger partial charge in [-0.15, -0.1) is 0 Å². The SMILES string of the molecule is CCCCc1noc(NCC(C)C)n1. The van der Waals surface area contributed by atoms with Gasteiger partial charge < -0.3 is 9.84 Å². The topological polar surface area (TPSA) is 51.0 Å². The van der Waals surface area contributed by atoms with E-state index in [4.69, 9.17) is 4.52 Å². The zero-order chi connectivity index (χ0) is 10.4. The Labute approximate surface area is 85.1 Å². The third-order valence-corrected chi connectivity index (χ3v) is 1.88. The van der Waals surface area contributed by atoms with Gasteiger partial charge in [0.05, 0.1) is 0 Å². The van der Waals surface area contributed by atoms with Crippen LogP contribution in [0.15, 0.2) is 4.52 Å². The molecule has 0 aromatic carbocycles. The highest BCUT2D eigenvalue weighted by molar-refractivity contribution is 5.17. The van der Waals surface area contributed by atoms with Gasteiger partial charge in [-0.2, -0.15) is 4.98 Å². The number of rotatable bonds is 6. The van der Waals surface area contributed by atoms with Gasteiger partial charge in [0.25, 0.3) is 0 Å². The van der Waals surface area contributed by atoms with Gasteiger partial charge in [0.2, 0.25) is 0 Å². The second kappa shape index (κ2) is 5.62. The van der Waals surface area contributed by atoms with Crippen molar-refractivity contribution in [1.29, 1.82) is 0 Å². The lowest BCUT2D eigenvalue weighted by molar-refractivity contribution is 0.419. The molecule has 0 saturated carbocycles. The molecule has 1 aromatic rings. The van der Waals surface area contributed by atoms with Crippen LogP contribution >= 0.6 is 0 Å². The van der Waals surface area contributed by atoms with E-state index in [2.05, 4.69) is 36.2 Å². The molecule has 0 spiro atoms. The molecule has 1 N–H and O–H groups in total. The summed E-state index contributed by atoms with van der Waals surface area (Å²) in [7, 11) is 0. The largest absolute Gasteiger partial charge is 0.338 e. The number of aromatic nitrogens is 2. The first-order valence-electron chi connectivity index (χ1n) is 5.28. The fourth-order valence-corrected chi connectivity index (χ4v) is 1.05. The summed E-state index contributed by atoms with van der Waals surface area (Å²) in [6, 6.07) is 0.546. The minimum Gasteiger partial charge on any atom is -0.338 e. The smallest absolute Gasteiger partial charge is 0.321 e. The Balaban J connectivity index is 2.35. The van der Waals surface area contributed by atoms with Gasteiger partial charge in [0, 0.05) is 13.0 Å². The lowest BCUT2D eigenvalue weighted by Crippen LogP contribution is -2.08. The van der Waals surface area contributed by atoms with Crippen LogP contribution in [-0.4, -0.2) is 16.7 Å². The molecular weight excluding hydrogens is 178 g/mol. The van der Waals surface area contributed by atoms with Crippen molar-refractivity contribution in [3.05, 3.63) is 5.82 Å². The summed E-state index contributed by atoms with van der Waals surface area (Å²) in [5.41, 5.74) is 0. The van der Waals surface area contributed by atoms with Crippen molar-refractivity contribution in [2.75, 3.05) is 11.9 Å². The maximum Gasteiger partial charge on any atom is 0.321 e. The standard InChI is InChI=1S/C10H19N3O/c1-4-5-6-9-12-10(14-13-9)11-7-8(2)3/h8H,4-7H2,1-3H3,(H,11,12,13). The van der Waals surface area contributed by atoms with E-state index in [1.807, 2.05) is 0 Å². The number of unbranched alkanes of at least 4 members (excludes halogenated alkanes) is 1. The Hall–Kier alpha value is -1.06. The van der Waals surface area contributed by atoms with Crippen molar-refractivity contribution in [2.24, 2.45) is 5.92 Å². The molecule has 80 valence electrons. The second-order valence-electron chi connectivity index (χ2n) is 3.89. The van der Waals surface area contributed by atoms with E-state index in [-0.39, 0.29) is 0 Å². The summed E-state index contributed by atoms with van der Waals surface area (Å²) in [4.78, 5) is 4.23. The van der Waals surface area contributed by atoms with Gasteiger partial charge in [-0.05, 0) is 12.3 Å². The predicted molar refractivity (Wildman–Crippen MR) is 56.2 cm³/mol. The fourth-order valence-electron chi connectivity index (χ4n) is 1.05. The first-order chi connectivity index (χ1) is 6.72. The van der Waals surface area contributed by atoms with Crippen LogP contribution < -0.4 is 5.32 Å². The number of aryl methyl sites for hydroxylation is 1. The van der Waals surface area contributed by atoms with Gasteiger partial charge >= 0.3 is 6.01 Å². The van der Waals surface area contributed by atoms with Crippen LogP contribution in [0.25, 0.3) is 0 Å². The molecule has 0 saturated heterocycles. The monoisotopic (exact) mass is 197 g/mol. The number of hydrogen-bond donors (Lipinski definition) is 1. The lowest BCUT2D eigenvalue weighted by atomic mass is 10.2. The van der Waals surface area contributed by atoms with E-state index in [1.54, 1.807) is 0 Å². The highest BCUT2D eigenvalue weighted by Gasteiger charge is 2.04. The summed E-state index contributed by atoms with van der Waals surface area (Å²) >= 11 is 0. The van der Waals surface area contributed by atoms with Crippen LogP contribution in [0.2, 0.25) is 0 Å². The molecular formula is C10H19N3O. The maximum atomic E-state index is 5.04. The summed E-state index contributed by atoms with van der Waals surface area (Å²) in [5.74, 6) is 1.39. The molecule has 1 aromatic heterocycles. The van der Waals surface area contributed by atoms with E-state index in [0.717, 1.165) is 31.6 Å². The Morgan fingerprint density at radius 2 is 2.21 bits per heavy atom. The number of hydrogen-bond acceptors (Lipinski definition) is 4. The summed E-state index contributed by atoms with van der Waals surface area (Å²) in [6.07, 6.45) is 3.18. The molecule has 0 bridgehead atoms. The molecule has 4 heteroatoms. The molecule has 0 aliphatic carbocycles. The van der Waals surface area contributed by atoms with Crippen LogP contribution in [0.3, 0.4) is 0 Å². The van der Waals surface area contributed by atoms with Crippen molar-refractivity contribution in [3.8, 4) is 0 Å². The Morgan fingerprint density at radius 1 is 1.43 bits per heavy atom. The van der Waals surface area contributed by atoms with Crippen LogP contribution in [0, 0.1) is 5.92 Å². The molecule has 0 unspecified atom stereocenters. The van der Waals surface area contributed by atoms with E-state index in [9.17, 15) is 0 Å². The molecule has 1 rings (SSSR count). The van der Waals surface area contributed by atoms with Crippen molar-refractivity contribution < 1.29 is 4.52 Å². The van der Waals surface area contributed by atoms with Gasteiger partial charge in [0.1, 0.15) is 0 Å². The predicted octanol–water partition coefficient (Wildman–Crippen LogP) is 2.48. The zero-order valence-electron chi connectivity index (χ0n) is 9.21. The van der Waals surface area contributed by atoms with Crippen molar-refractivity contribution in [3.63, 3.8) is 0 Å². The normalized spacial score (nSPS) is 10.9. The van der Waals surface area contributed by atoms with E-state index >= 15 is 0 Å². The van der Waals surface area contributed by atoms with Crippen LogP contribution in [0.5, 0.6) is 0 Å². The lowest BCUT2D eigenvalue weighted by Gasteiger charge is -2.02. The Bertz CT molecular complexity index is 258. The Morgan fingerprint density at radius 3 is 2.86 bits per heavy atom. The first-order valence-corrected chi connectivity index (χ1v) is 5.28. The molecule has 0 amide bonds. The molecule has 0 aliphatic rings. The van der Waals surface area contributed by atoms with Gasteiger partial charge in [0.15, 0.2) is 5.82 Å². The first kappa shape index (κ1) is 11.0. The van der Waals surface area contributed by atoms with Crippen molar-refractivity contribution in [1.82, 2.24) is 10.1 Å². The molecule has 0 aliphatic heterocycles. The molecule has 0 radical (unpaired) electrons. The van der Waals surface area contributed by atoms with Crippen LogP contribution in [-0.2, 0) is 6.42 Å². The van der Waals surface area contributed by atoms with E-state index < -0.39 is 0 Å². The molecule has 1 heterocycles. The average Bonchev–Trinajstić information content (AvgIpc) is 2.59. The third-order valence-electron chi connectivity index (χ3n) is 1.88. The zero-order valence-corrected chi connectivity index (χ0v) is 9.21. The summed E-state index contributed by atoms with van der Waals surface area (Å²) in [6.45, 7) is 7.30. The van der Waals surface area contributed by atoms with Gasteiger partial charge in [-0.25, -0.2) is 0 Å². The van der Waals surface area contributed by atoms with Crippen molar-refractivity contribution >= 4 is 6.01 Å². The molecule has 0 atom stereocenters. The minimum atomic E-state index is 0.546. The third kappa shape index (κ3) is 3.77. The highest BCUT2D eigenvalue weighted by atomic mass is 16.5. The maximum absolute atomic E-state index is 5.04. The molecule has 4 nitrogen and oxygen atoms in total. The number of nitrogens with one attached hydrogen (secondary N) is 1. The number of anilines is 1. The quantitative estimate of drug-likeness (QED) is 0.761. The summed E-state index contributed by atoms with van der Waals surface area (Å²) in [5, 5.41) is 6.98. The van der Waals surface area contributed by atoms with E-state index in [0.29, 0.717) is 11.9 Å². The molecule has 0 fully saturated rings.